The first-order valence-corrected chi connectivity index (χ1v) is 4.93. The zero-order valence-electron chi connectivity index (χ0n) is 9.17. The molecule has 0 bridgehead atoms. The van der Waals surface area contributed by atoms with Gasteiger partial charge >= 0.3 is 0 Å². The van der Waals surface area contributed by atoms with E-state index in [4.69, 9.17) is 5.21 Å². The molecule has 4 heteroatoms. The molecule has 0 aliphatic rings. The fourth-order valence-corrected chi connectivity index (χ4v) is 1.36. The standard InChI is InChI=1S/C12H13F2NO/c1-3-12(15-16)8(2)6-9-4-5-10(13)11(14)7-9/h4-7,16H,3H2,1-2H3/b8-6+,15-12?. The number of hydrogen-bond donors (Lipinski definition) is 1. The molecular formula is C12H13F2NO. The van der Waals surface area contributed by atoms with Crippen LogP contribution < -0.4 is 0 Å². The van der Waals surface area contributed by atoms with Crippen molar-refractivity contribution in [2.75, 3.05) is 0 Å². The van der Waals surface area contributed by atoms with E-state index in [0.717, 1.165) is 17.7 Å². The Bertz CT molecular complexity index is 439. The van der Waals surface area contributed by atoms with E-state index in [1.807, 2.05) is 6.92 Å². The Labute approximate surface area is 92.9 Å². The van der Waals surface area contributed by atoms with Gasteiger partial charge in [-0.2, -0.15) is 0 Å². The minimum absolute atomic E-state index is 0.518. The van der Waals surface area contributed by atoms with Crippen LogP contribution in [0.3, 0.4) is 0 Å². The molecular weight excluding hydrogens is 212 g/mol. The molecule has 0 unspecified atom stereocenters. The summed E-state index contributed by atoms with van der Waals surface area (Å²) in [7, 11) is 0. The van der Waals surface area contributed by atoms with Gasteiger partial charge in [0.15, 0.2) is 11.6 Å². The maximum atomic E-state index is 12.9. The molecule has 0 saturated heterocycles. The summed E-state index contributed by atoms with van der Waals surface area (Å²) in [6, 6.07) is 3.63. The molecule has 0 aromatic heterocycles. The van der Waals surface area contributed by atoms with Gasteiger partial charge in [0.1, 0.15) is 0 Å². The summed E-state index contributed by atoms with van der Waals surface area (Å²) in [4.78, 5) is 0. The number of halogens is 2. The monoisotopic (exact) mass is 225 g/mol. The number of oxime groups is 1. The van der Waals surface area contributed by atoms with E-state index in [1.54, 1.807) is 13.0 Å². The van der Waals surface area contributed by atoms with Crippen molar-refractivity contribution in [3.8, 4) is 0 Å². The zero-order chi connectivity index (χ0) is 12.1. The quantitative estimate of drug-likeness (QED) is 0.475. The molecule has 86 valence electrons. The third-order valence-corrected chi connectivity index (χ3v) is 2.24. The molecule has 1 rings (SSSR count). The van der Waals surface area contributed by atoms with Crippen LogP contribution in [0.4, 0.5) is 8.78 Å². The van der Waals surface area contributed by atoms with Crippen LogP contribution in [0.1, 0.15) is 25.8 Å². The number of hydrogen-bond acceptors (Lipinski definition) is 2. The highest BCUT2D eigenvalue weighted by molar-refractivity contribution is 6.02. The van der Waals surface area contributed by atoms with Crippen LogP contribution in [0, 0.1) is 11.6 Å². The Balaban J connectivity index is 3.03. The van der Waals surface area contributed by atoms with Crippen LogP contribution in [0.15, 0.2) is 28.9 Å². The molecule has 0 aliphatic carbocycles. The van der Waals surface area contributed by atoms with E-state index in [1.165, 1.54) is 6.07 Å². The highest BCUT2D eigenvalue weighted by atomic mass is 19.2. The second-order valence-corrected chi connectivity index (χ2v) is 3.40. The lowest BCUT2D eigenvalue weighted by Gasteiger charge is -2.02. The summed E-state index contributed by atoms with van der Waals surface area (Å²) in [5.74, 6) is -1.76. The molecule has 16 heavy (non-hydrogen) atoms. The molecule has 1 aromatic rings. The van der Waals surface area contributed by atoms with Crippen molar-refractivity contribution in [3.05, 3.63) is 41.0 Å². The van der Waals surface area contributed by atoms with E-state index in [0.29, 0.717) is 17.7 Å². The summed E-state index contributed by atoms with van der Waals surface area (Å²) in [6.45, 7) is 3.59. The minimum atomic E-state index is -0.888. The Morgan fingerprint density at radius 2 is 2.06 bits per heavy atom. The molecule has 0 spiro atoms. The Hall–Kier alpha value is -1.71. The van der Waals surface area contributed by atoms with E-state index in [-0.39, 0.29) is 0 Å². The lowest BCUT2D eigenvalue weighted by atomic mass is 10.1. The molecule has 0 fully saturated rings. The van der Waals surface area contributed by atoms with E-state index < -0.39 is 11.6 Å². The Kier molecular flexibility index (Phi) is 4.17. The third kappa shape index (κ3) is 2.89. The van der Waals surface area contributed by atoms with Gasteiger partial charge in [-0.1, -0.05) is 24.2 Å². The van der Waals surface area contributed by atoms with Gasteiger partial charge in [-0.25, -0.2) is 8.78 Å². The molecule has 0 heterocycles. The normalized spacial score (nSPS) is 13.0. The third-order valence-electron chi connectivity index (χ3n) is 2.24. The molecule has 0 amide bonds. The van der Waals surface area contributed by atoms with Gasteiger partial charge < -0.3 is 5.21 Å². The van der Waals surface area contributed by atoms with Crippen molar-refractivity contribution in [3.63, 3.8) is 0 Å². The maximum absolute atomic E-state index is 12.9. The van der Waals surface area contributed by atoms with Crippen molar-refractivity contribution in [1.82, 2.24) is 0 Å². The number of rotatable bonds is 3. The summed E-state index contributed by atoms with van der Waals surface area (Å²) < 4.78 is 25.6. The average Bonchev–Trinajstić information content (AvgIpc) is 2.25. The SMILES string of the molecule is CCC(=NO)/C(C)=C/c1ccc(F)c(F)c1. The summed E-state index contributed by atoms with van der Waals surface area (Å²) >= 11 is 0. The molecule has 0 saturated carbocycles. The predicted molar refractivity (Wildman–Crippen MR) is 59.5 cm³/mol. The second-order valence-electron chi connectivity index (χ2n) is 3.40. The summed E-state index contributed by atoms with van der Waals surface area (Å²) in [5.41, 5.74) is 1.77. The van der Waals surface area contributed by atoms with Crippen LogP contribution in [0.5, 0.6) is 0 Å². The van der Waals surface area contributed by atoms with Gasteiger partial charge in [-0.3, -0.25) is 0 Å². The predicted octanol–water partition coefficient (Wildman–Crippen LogP) is 3.61. The first-order chi connectivity index (χ1) is 7.58. The highest BCUT2D eigenvalue weighted by Crippen LogP contribution is 2.13. The van der Waals surface area contributed by atoms with E-state index in [9.17, 15) is 8.78 Å². The van der Waals surface area contributed by atoms with Gasteiger partial charge in [0.25, 0.3) is 0 Å². The van der Waals surface area contributed by atoms with Crippen molar-refractivity contribution in [1.29, 1.82) is 0 Å². The minimum Gasteiger partial charge on any atom is -0.411 e. The number of allylic oxidation sites excluding steroid dienone is 1. The Morgan fingerprint density at radius 3 is 2.56 bits per heavy atom. The summed E-state index contributed by atoms with van der Waals surface area (Å²) in [5, 5.41) is 11.8. The van der Waals surface area contributed by atoms with Crippen LogP contribution in [-0.4, -0.2) is 10.9 Å². The Morgan fingerprint density at radius 1 is 1.38 bits per heavy atom. The van der Waals surface area contributed by atoms with Gasteiger partial charge in [-0.05, 0) is 36.6 Å². The molecule has 0 radical (unpaired) electrons. The first-order valence-electron chi connectivity index (χ1n) is 4.93. The molecule has 1 N–H and O–H groups in total. The highest BCUT2D eigenvalue weighted by Gasteiger charge is 2.03. The van der Waals surface area contributed by atoms with Crippen molar-refractivity contribution in [2.45, 2.75) is 20.3 Å². The van der Waals surface area contributed by atoms with Crippen molar-refractivity contribution in [2.24, 2.45) is 5.16 Å². The smallest absolute Gasteiger partial charge is 0.159 e. The van der Waals surface area contributed by atoms with Gasteiger partial charge in [0.05, 0.1) is 5.71 Å². The van der Waals surface area contributed by atoms with Gasteiger partial charge in [-0.15, -0.1) is 0 Å². The average molecular weight is 225 g/mol. The van der Waals surface area contributed by atoms with Crippen molar-refractivity contribution < 1.29 is 14.0 Å². The van der Waals surface area contributed by atoms with Crippen LogP contribution in [0.25, 0.3) is 6.08 Å². The van der Waals surface area contributed by atoms with E-state index in [2.05, 4.69) is 5.16 Å². The lowest BCUT2D eigenvalue weighted by molar-refractivity contribution is 0.318. The van der Waals surface area contributed by atoms with Crippen LogP contribution >= 0.6 is 0 Å². The number of nitrogens with zero attached hydrogens (tertiary/aromatic N) is 1. The van der Waals surface area contributed by atoms with Gasteiger partial charge in [0.2, 0.25) is 0 Å². The van der Waals surface area contributed by atoms with Crippen molar-refractivity contribution >= 4 is 11.8 Å². The fraction of sp³-hybridized carbons (Fsp3) is 0.250. The molecule has 2 nitrogen and oxygen atoms in total. The first kappa shape index (κ1) is 12.4. The zero-order valence-corrected chi connectivity index (χ0v) is 9.17. The van der Waals surface area contributed by atoms with Crippen LogP contribution in [-0.2, 0) is 0 Å². The number of benzene rings is 1. The fourth-order valence-electron chi connectivity index (χ4n) is 1.36. The topological polar surface area (TPSA) is 32.6 Å². The molecule has 1 aromatic carbocycles. The maximum Gasteiger partial charge on any atom is 0.159 e. The molecule has 0 aliphatic heterocycles. The van der Waals surface area contributed by atoms with Gasteiger partial charge in [0, 0.05) is 0 Å². The van der Waals surface area contributed by atoms with E-state index >= 15 is 0 Å². The molecule has 0 atom stereocenters. The largest absolute Gasteiger partial charge is 0.411 e. The lowest BCUT2D eigenvalue weighted by Crippen LogP contribution is -1.97. The van der Waals surface area contributed by atoms with Crippen LogP contribution in [0.2, 0.25) is 0 Å². The second kappa shape index (κ2) is 5.39. The summed E-state index contributed by atoms with van der Waals surface area (Å²) in [6.07, 6.45) is 2.21.